The van der Waals surface area contributed by atoms with Crippen LogP contribution in [0.15, 0.2) is 28.7 Å². The van der Waals surface area contributed by atoms with E-state index in [9.17, 15) is 8.42 Å². The molecule has 1 aromatic rings. The minimum absolute atomic E-state index is 0.143. The lowest BCUT2D eigenvalue weighted by Gasteiger charge is -2.15. The number of sulfone groups is 1. The molecule has 1 N–H and O–H groups in total. The van der Waals surface area contributed by atoms with E-state index in [-0.39, 0.29) is 17.0 Å². The molecule has 0 aliphatic heterocycles. The molecule has 1 rings (SSSR count). The lowest BCUT2D eigenvalue weighted by molar-refractivity contribution is 0.566. The van der Waals surface area contributed by atoms with E-state index >= 15 is 0 Å². The molecule has 0 heterocycles. The number of rotatable bonds is 6. The SMILES string of the molecule is CC(NCCS(=O)(=O)C(C)C)c1cccc(Br)c1. The Bertz CT molecular complexity index is 486. The highest BCUT2D eigenvalue weighted by Gasteiger charge is 2.16. The maximum atomic E-state index is 11.7. The van der Waals surface area contributed by atoms with E-state index in [0.717, 1.165) is 10.0 Å². The van der Waals surface area contributed by atoms with Crippen molar-refractivity contribution >= 4 is 25.8 Å². The highest BCUT2D eigenvalue weighted by atomic mass is 79.9. The largest absolute Gasteiger partial charge is 0.309 e. The van der Waals surface area contributed by atoms with Gasteiger partial charge in [-0.3, -0.25) is 0 Å². The highest BCUT2D eigenvalue weighted by Crippen LogP contribution is 2.17. The maximum absolute atomic E-state index is 11.7. The van der Waals surface area contributed by atoms with Crippen LogP contribution in [0.25, 0.3) is 0 Å². The number of halogens is 1. The Balaban J connectivity index is 2.50. The molecule has 0 bridgehead atoms. The predicted octanol–water partition coefficient (Wildman–Crippen LogP) is 2.92. The zero-order chi connectivity index (χ0) is 13.8. The summed E-state index contributed by atoms with van der Waals surface area (Å²) in [5, 5.41) is 2.93. The van der Waals surface area contributed by atoms with Gasteiger partial charge in [0.25, 0.3) is 0 Å². The smallest absolute Gasteiger partial charge is 0.153 e. The molecule has 0 fully saturated rings. The van der Waals surface area contributed by atoms with Crippen molar-refractivity contribution in [2.45, 2.75) is 32.1 Å². The van der Waals surface area contributed by atoms with Gasteiger partial charge in [0.1, 0.15) is 0 Å². The molecule has 1 atom stereocenters. The summed E-state index contributed by atoms with van der Waals surface area (Å²) < 4.78 is 24.3. The number of nitrogens with one attached hydrogen (secondary N) is 1. The van der Waals surface area contributed by atoms with Gasteiger partial charge in [0.05, 0.1) is 11.0 Å². The van der Waals surface area contributed by atoms with E-state index in [1.165, 1.54) is 0 Å². The average Bonchev–Trinajstić information content (AvgIpc) is 2.28. The first-order valence-corrected chi connectivity index (χ1v) is 8.54. The van der Waals surface area contributed by atoms with Crippen LogP contribution in [0.1, 0.15) is 32.4 Å². The fourth-order valence-electron chi connectivity index (χ4n) is 1.55. The summed E-state index contributed by atoms with van der Waals surface area (Å²) in [6.45, 7) is 5.94. The molecule has 0 spiro atoms. The molecule has 0 aromatic heterocycles. The molecule has 0 aliphatic rings. The van der Waals surface area contributed by atoms with Gasteiger partial charge in [0, 0.05) is 17.1 Å². The van der Waals surface area contributed by atoms with Crippen molar-refractivity contribution in [3.8, 4) is 0 Å². The predicted molar refractivity (Wildman–Crippen MR) is 79.5 cm³/mol. The van der Waals surface area contributed by atoms with Crippen LogP contribution in [0, 0.1) is 0 Å². The Morgan fingerprint density at radius 1 is 1.28 bits per heavy atom. The molecule has 0 amide bonds. The van der Waals surface area contributed by atoms with Crippen LogP contribution in [0.2, 0.25) is 0 Å². The first kappa shape index (κ1) is 15.7. The molecule has 1 unspecified atom stereocenters. The second-order valence-corrected chi connectivity index (χ2v) is 8.24. The van der Waals surface area contributed by atoms with Crippen LogP contribution < -0.4 is 5.32 Å². The number of benzene rings is 1. The van der Waals surface area contributed by atoms with Gasteiger partial charge < -0.3 is 5.32 Å². The third-order valence-corrected chi connectivity index (χ3v) is 5.61. The minimum Gasteiger partial charge on any atom is -0.309 e. The van der Waals surface area contributed by atoms with Crippen molar-refractivity contribution in [2.24, 2.45) is 0 Å². The summed E-state index contributed by atoms with van der Waals surface area (Å²) in [7, 11) is -2.96. The van der Waals surface area contributed by atoms with E-state index in [4.69, 9.17) is 0 Å². The van der Waals surface area contributed by atoms with Gasteiger partial charge in [-0.15, -0.1) is 0 Å². The summed E-state index contributed by atoms with van der Waals surface area (Å²) >= 11 is 3.43. The fourth-order valence-corrected chi connectivity index (χ4v) is 2.84. The molecule has 0 saturated carbocycles. The minimum atomic E-state index is -2.96. The van der Waals surface area contributed by atoms with Crippen LogP contribution in [0.3, 0.4) is 0 Å². The first-order valence-electron chi connectivity index (χ1n) is 6.03. The fraction of sp³-hybridized carbons (Fsp3) is 0.538. The van der Waals surface area contributed by atoms with Gasteiger partial charge in [0.15, 0.2) is 9.84 Å². The Kier molecular flexibility index (Phi) is 5.82. The zero-order valence-electron chi connectivity index (χ0n) is 11.0. The first-order chi connectivity index (χ1) is 8.33. The lowest BCUT2D eigenvalue weighted by Crippen LogP contribution is -2.29. The van der Waals surface area contributed by atoms with E-state index < -0.39 is 9.84 Å². The quantitative estimate of drug-likeness (QED) is 0.870. The van der Waals surface area contributed by atoms with Gasteiger partial charge in [-0.2, -0.15) is 0 Å². The third kappa shape index (κ3) is 4.71. The van der Waals surface area contributed by atoms with Crippen LogP contribution >= 0.6 is 15.9 Å². The van der Waals surface area contributed by atoms with Gasteiger partial charge in [0.2, 0.25) is 0 Å². The average molecular weight is 334 g/mol. The van der Waals surface area contributed by atoms with Gasteiger partial charge in [-0.05, 0) is 38.5 Å². The Hall–Kier alpha value is -0.390. The standard InChI is InChI=1S/C13H20BrNO2S/c1-10(2)18(16,17)8-7-15-11(3)12-5-4-6-13(14)9-12/h4-6,9-11,15H,7-8H2,1-3H3. The topological polar surface area (TPSA) is 46.2 Å². The van der Waals surface area contributed by atoms with Crippen molar-refractivity contribution in [1.29, 1.82) is 0 Å². The number of hydrogen-bond donors (Lipinski definition) is 1. The second-order valence-electron chi connectivity index (χ2n) is 4.65. The third-order valence-electron chi connectivity index (χ3n) is 2.90. The molecule has 1 aromatic carbocycles. The molecule has 0 saturated heterocycles. The summed E-state index contributed by atoms with van der Waals surface area (Å²) in [6, 6.07) is 8.15. The van der Waals surface area contributed by atoms with Crippen LogP contribution in [-0.2, 0) is 9.84 Å². The van der Waals surface area contributed by atoms with E-state index in [2.05, 4.69) is 21.2 Å². The Morgan fingerprint density at radius 2 is 1.94 bits per heavy atom. The molecule has 18 heavy (non-hydrogen) atoms. The Morgan fingerprint density at radius 3 is 2.50 bits per heavy atom. The van der Waals surface area contributed by atoms with Crippen LogP contribution in [0.5, 0.6) is 0 Å². The molecule has 102 valence electrons. The van der Waals surface area contributed by atoms with Gasteiger partial charge in [-0.25, -0.2) is 8.42 Å². The van der Waals surface area contributed by atoms with Crippen LogP contribution in [0.4, 0.5) is 0 Å². The van der Waals surface area contributed by atoms with E-state index in [1.807, 2.05) is 31.2 Å². The zero-order valence-corrected chi connectivity index (χ0v) is 13.4. The molecule has 5 heteroatoms. The molecular weight excluding hydrogens is 314 g/mol. The van der Waals surface area contributed by atoms with Crippen molar-refractivity contribution in [3.05, 3.63) is 34.3 Å². The van der Waals surface area contributed by atoms with Gasteiger partial charge in [-0.1, -0.05) is 28.1 Å². The number of hydrogen-bond acceptors (Lipinski definition) is 3. The van der Waals surface area contributed by atoms with E-state index in [0.29, 0.717) is 6.54 Å². The van der Waals surface area contributed by atoms with Crippen molar-refractivity contribution in [3.63, 3.8) is 0 Å². The van der Waals surface area contributed by atoms with Crippen LogP contribution in [-0.4, -0.2) is 26.0 Å². The summed E-state index contributed by atoms with van der Waals surface area (Å²) in [5.74, 6) is 0.184. The maximum Gasteiger partial charge on any atom is 0.153 e. The molecule has 0 radical (unpaired) electrons. The van der Waals surface area contributed by atoms with Crippen molar-refractivity contribution in [2.75, 3.05) is 12.3 Å². The highest BCUT2D eigenvalue weighted by molar-refractivity contribution is 9.10. The second kappa shape index (κ2) is 6.68. The monoisotopic (exact) mass is 333 g/mol. The lowest BCUT2D eigenvalue weighted by atomic mass is 10.1. The Labute approximate surface area is 118 Å². The van der Waals surface area contributed by atoms with Crippen molar-refractivity contribution in [1.82, 2.24) is 5.32 Å². The van der Waals surface area contributed by atoms with Crippen molar-refractivity contribution < 1.29 is 8.42 Å². The normalized spacial score (nSPS) is 13.8. The summed E-state index contributed by atoms with van der Waals surface area (Å²) in [5.41, 5.74) is 1.14. The summed E-state index contributed by atoms with van der Waals surface area (Å²) in [4.78, 5) is 0. The molecule has 0 aliphatic carbocycles. The summed E-state index contributed by atoms with van der Waals surface area (Å²) in [6.07, 6.45) is 0. The van der Waals surface area contributed by atoms with Gasteiger partial charge >= 0.3 is 0 Å². The van der Waals surface area contributed by atoms with E-state index in [1.54, 1.807) is 13.8 Å². The molecule has 3 nitrogen and oxygen atoms in total. The molecular formula is C13H20BrNO2S.